The van der Waals surface area contributed by atoms with Crippen LogP contribution in [0.15, 0.2) is 47.4 Å². The number of hydrogen-bond donors (Lipinski definition) is 1. The molecule has 2 heterocycles. The third-order valence-electron chi connectivity index (χ3n) is 2.69. The van der Waals surface area contributed by atoms with E-state index in [0.717, 1.165) is 11.4 Å². The van der Waals surface area contributed by atoms with Gasteiger partial charge in [-0.15, -0.1) is 0 Å². The molecule has 0 amide bonds. The fraction of sp³-hybridized carbons (Fsp3) is 0.0769. The molecule has 0 unspecified atom stereocenters. The van der Waals surface area contributed by atoms with E-state index in [2.05, 4.69) is 10.1 Å². The first kappa shape index (κ1) is 11.0. The van der Waals surface area contributed by atoms with Gasteiger partial charge in [-0.25, -0.2) is 9.50 Å². The molecule has 0 aliphatic heterocycles. The number of aromatic amines is 1. The summed E-state index contributed by atoms with van der Waals surface area (Å²) in [7, 11) is 0. The second-order valence-electron chi connectivity index (χ2n) is 4.06. The summed E-state index contributed by atoms with van der Waals surface area (Å²) in [6.45, 7) is 0. The van der Waals surface area contributed by atoms with Gasteiger partial charge in [0.15, 0.2) is 11.1 Å². The lowest BCUT2D eigenvalue weighted by Crippen LogP contribution is -1.98. The van der Waals surface area contributed by atoms with Crippen LogP contribution in [0.1, 0.15) is 11.4 Å². The SMILES string of the molecule is O=c1ccn2[nH]c(Cc3ccc(Cl)cc3)nc2c1. The number of H-pyrrole nitrogens is 1. The Balaban J connectivity index is 1.95. The van der Waals surface area contributed by atoms with Gasteiger partial charge in [-0.1, -0.05) is 23.7 Å². The van der Waals surface area contributed by atoms with E-state index in [-0.39, 0.29) is 5.43 Å². The number of nitrogens with zero attached hydrogens (tertiary/aromatic N) is 2. The Bertz CT molecular complexity index is 743. The molecule has 1 N–H and O–H groups in total. The Hall–Kier alpha value is -2.07. The molecule has 1 aromatic carbocycles. The molecular formula is C13H10ClN3O. The summed E-state index contributed by atoms with van der Waals surface area (Å²) in [4.78, 5) is 15.6. The Labute approximate surface area is 108 Å². The lowest BCUT2D eigenvalue weighted by molar-refractivity contribution is 0.899. The van der Waals surface area contributed by atoms with Gasteiger partial charge in [0.25, 0.3) is 0 Å². The second kappa shape index (κ2) is 4.31. The standard InChI is InChI=1S/C13H10ClN3O/c14-10-3-1-9(2-4-10)7-12-15-13-8-11(18)5-6-17(13)16-12/h1-6,8H,7H2,(H,15,16). The quantitative estimate of drug-likeness (QED) is 0.768. The molecule has 90 valence electrons. The third kappa shape index (κ3) is 2.15. The molecule has 18 heavy (non-hydrogen) atoms. The first-order chi connectivity index (χ1) is 8.70. The monoisotopic (exact) mass is 259 g/mol. The van der Waals surface area contributed by atoms with Crippen LogP contribution in [0.2, 0.25) is 5.02 Å². The number of rotatable bonds is 2. The highest BCUT2D eigenvalue weighted by Crippen LogP contribution is 2.12. The van der Waals surface area contributed by atoms with E-state index < -0.39 is 0 Å². The van der Waals surface area contributed by atoms with Crippen molar-refractivity contribution in [2.75, 3.05) is 0 Å². The molecule has 0 spiro atoms. The van der Waals surface area contributed by atoms with E-state index in [0.29, 0.717) is 17.1 Å². The minimum absolute atomic E-state index is 0.0421. The lowest BCUT2D eigenvalue weighted by atomic mass is 10.1. The van der Waals surface area contributed by atoms with Crippen LogP contribution >= 0.6 is 11.6 Å². The predicted octanol–water partition coefficient (Wildman–Crippen LogP) is 2.27. The van der Waals surface area contributed by atoms with Crippen molar-refractivity contribution in [2.24, 2.45) is 0 Å². The van der Waals surface area contributed by atoms with Crippen LogP contribution in [0.25, 0.3) is 5.65 Å². The topological polar surface area (TPSA) is 50.2 Å². The summed E-state index contributed by atoms with van der Waals surface area (Å²) in [6.07, 6.45) is 2.35. The highest BCUT2D eigenvalue weighted by Gasteiger charge is 2.03. The van der Waals surface area contributed by atoms with Crippen molar-refractivity contribution in [2.45, 2.75) is 6.42 Å². The molecule has 0 atom stereocenters. The van der Waals surface area contributed by atoms with Crippen LogP contribution in [-0.2, 0) is 6.42 Å². The van der Waals surface area contributed by atoms with Gasteiger partial charge in [0, 0.05) is 29.8 Å². The maximum atomic E-state index is 11.2. The fourth-order valence-corrected chi connectivity index (χ4v) is 1.95. The van der Waals surface area contributed by atoms with E-state index in [4.69, 9.17) is 11.6 Å². The molecule has 0 aliphatic carbocycles. The summed E-state index contributed by atoms with van der Waals surface area (Å²) >= 11 is 5.83. The molecule has 5 heteroatoms. The molecule has 3 aromatic rings. The fourth-order valence-electron chi connectivity index (χ4n) is 1.83. The molecule has 3 rings (SSSR count). The van der Waals surface area contributed by atoms with Gasteiger partial charge in [-0.2, -0.15) is 0 Å². The van der Waals surface area contributed by atoms with Gasteiger partial charge < -0.3 is 0 Å². The summed E-state index contributed by atoms with van der Waals surface area (Å²) in [5, 5.41) is 3.84. The van der Waals surface area contributed by atoms with Crippen LogP contribution in [0.3, 0.4) is 0 Å². The van der Waals surface area contributed by atoms with Crippen LogP contribution in [-0.4, -0.2) is 14.6 Å². The van der Waals surface area contributed by atoms with Crippen LogP contribution < -0.4 is 5.43 Å². The molecule has 0 radical (unpaired) electrons. The zero-order chi connectivity index (χ0) is 12.5. The van der Waals surface area contributed by atoms with E-state index in [1.807, 2.05) is 24.3 Å². The van der Waals surface area contributed by atoms with Gasteiger partial charge >= 0.3 is 0 Å². The minimum Gasteiger partial charge on any atom is -0.290 e. The maximum absolute atomic E-state index is 11.2. The summed E-state index contributed by atoms with van der Waals surface area (Å²) in [6, 6.07) is 10.6. The Morgan fingerprint density at radius 1 is 1.22 bits per heavy atom. The Morgan fingerprint density at radius 2 is 2.00 bits per heavy atom. The molecule has 0 aliphatic rings. The van der Waals surface area contributed by atoms with Crippen molar-refractivity contribution in [3.05, 3.63) is 69.2 Å². The molecule has 0 fully saturated rings. The number of fused-ring (bicyclic) bond motifs is 1. The molecule has 0 saturated carbocycles. The number of hydrogen-bond acceptors (Lipinski definition) is 2. The lowest BCUT2D eigenvalue weighted by Gasteiger charge is -1.97. The zero-order valence-corrected chi connectivity index (χ0v) is 10.2. The number of aromatic nitrogens is 3. The smallest absolute Gasteiger partial charge is 0.183 e. The molecule has 2 aromatic heterocycles. The van der Waals surface area contributed by atoms with Crippen molar-refractivity contribution in [1.82, 2.24) is 14.6 Å². The van der Waals surface area contributed by atoms with Gasteiger partial charge in [0.05, 0.1) is 0 Å². The zero-order valence-electron chi connectivity index (χ0n) is 9.43. The van der Waals surface area contributed by atoms with Crippen LogP contribution in [0, 0.1) is 0 Å². The van der Waals surface area contributed by atoms with Gasteiger partial charge in [0.1, 0.15) is 5.82 Å². The largest absolute Gasteiger partial charge is 0.290 e. The van der Waals surface area contributed by atoms with Gasteiger partial charge in [0.2, 0.25) is 0 Å². The molecule has 0 bridgehead atoms. The van der Waals surface area contributed by atoms with Crippen molar-refractivity contribution in [3.8, 4) is 0 Å². The summed E-state index contributed by atoms with van der Waals surface area (Å²) < 4.78 is 1.73. The minimum atomic E-state index is -0.0421. The van der Waals surface area contributed by atoms with Crippen molar-refractivity contribution in [1.29, 1.82) is 0 Å². The van der Waals surface area contributed by atoms with Crippen LogP contribution in [0.4, 0.5) is 0 Å². The van der Waals surface area contributed by atoms with Crippen LogP contribution in [0.5, 0.6) is 0 Å². The van der Waals surface area contributed by atoms with E-state index in [1.54, 1.807) is 10.7 Å². The Morgan fingerprint density at radius 3 is 2.78 bits per heavy atom. The third-order valence-corrected chi connectivity index (χ3v) is 2.94. The summed E-state index contributed by atoms with van der Waals surface area (Å²) in [5.74, 6) is 0.808. The van der Waals surface area contributed by atoms with Gasteiger partial charge in [-0.3, -0.25) is 9.89 Å². The molecule has 0 saturated heterocycles. The second-order valence-corrected chi connectivity index (χ2v) is 4.50. The number of nitrogens with one attached hydrogen (secondary N) is 1. The van der Waals surface area contributed by atoms with E-state index >= 15 is 0 Å². The average molecular weight is 260 g/mol. The highest BCUT2D eigenvalue weighted by molar-refractivity contribution is 6.30. The molecule has 4 nitrogen and oxygen atoms in total. The summed E-state index contributed by atoms with van der Waals surface area (Å²) in [5.41, 5.74) is 1.70. The van der Waals surface area contributed by atoms with Gasteiger partial charge in [-0.05, 0) is 17.7 Å². The average Bonchev–Trinajstić information content (AvgIpc) is 2.73. The van der Waals surface area contributed by atoms with Crippen molar-refractivity contribution < 1.29 is 0 Å². The first-order valence-corrected chi connectivity index (χ1v) is 5.90. The highest BCUT2D eigenvalue weighted by atomic mass is 35.5. The van der Waals surface area contributed by atoms with E-state index in [9.17, 15) is 4.79 Å². The number of pyridine rings is 1. The van der Waals surface area contributed by atoms with Crippen molar-refractivity contribution in [3.63, 3.8) is 0 Å². The number of halogens is 1. The predicted molar refractivity (Wildman–Crippen MR) is 70.1 cm³/mol. The van der Waals surface area contributed by atoms with Crippen molar-refractivity contribution >= 4 is 17.2 Å². The van der Waals surface area contributed by atoms with E-state index in [1.165, 1.54) is 12.1 Å². The number of benzene rings is 1. The molecular weight excluding hydrogens is 250 g/mol. The maximum Gasteiger partial charge on any atom is 0.183 e. The first-order valence-electron chi connectivity index (χ1n) is 5.52. The Kier molecular flexibility index (Phi) is 2.64. The normalized spacial score (nSPS) is 10.9.